The van der Waals surface area contributed by atoms with Crippen LogP contribution in [0.25, 0.3) is 10.8 Å². The van der Waals surface area contributed by atoms with E-state index in [-0.39, 0.29) is 11.9 Å². The number of amides is 1. The molecule has 0 bridgehead atoms. The van der Waals surface area contributed by atoms with Gasteiger partial charge in [-0.15, -0.1) is 11.6 Å². The van der Waals surface area contributed by atoms with Gasteiger partial charge in [-0.3, -0.25) is 9.79 Å². The van der Waals surface area contributed by atoms with Crippen LogP contribution < -0.4 is 4.74 Å². The van der Waals surface area contributed by atoms with Crippen molar-refractivity contribution in [1.29, 1.82) is 0 Å². The van der Waals surface area contributed by atoms with Crippen LogP contribution in [0, 0.1) is 6.92 Å². The SMILES string of the molecule is Cc1cc2cc3c(cc2cc1OCCCCl)N=C[C@@H]1CCCN1C3=O. The number of benzene rings is 2. The summed E-state index contributed by atoms with van der Waals surface area (Å²) in [6.07, 6.45) is 4.79. The molecule has 0 radical (unpaired) electrons. The molecule has 5 heteroatoms. The summed E-state index contributed by atoms with van der Waals surface area (Å²) in [6, 6.07) is 8.22. The zero-order chi connectivity index (χ0) is 17.4. The molecule has 1 amide bonds. The predicted octanol–water partition coefficient (Wildman–Crippen LogP) is 4.48. The first-order valence-electron chi connectivity index (χ1n) is 8.80. The molecule has 1 atom stereocenters. The first-order chi connectivity index (χ1) is 12.2. The van der Waals surface area contributed by atoms with Gasteiger partial charge in [0.1, 0.15) is 5.75 Å². The lowest BCUT2D eigenvalue weighted by Gasteiger charge is -2.20. The third-order valence-corrected chi connectivity index (χ3v) is 5.23. The molecule has 2 aromatic rings. The summed E-state index contributed by atoms with van der Waals surface area (Å²) in [5.41, 5.74) is 2.51. The standard InChI is InChI=1S/C20H21ClN2O2/c1-13-8-14-9-17-18(10-15(14)11-19(13)25-7-3-5-21)22-12-16-4-2-6-23(16)20(17)24/h8-12,16H,2-7H2,1H3/t16-/m0/s1. The second-order valence-corrected chi connectivity index (χ2v) is 7.09. The number of aliphatic imine (C=N–C) groups is 1. The first-order valence-corrected chi connectivity index (χ1v) is 9.33. The van der Waals surface area contributed by atoms with Crippen molar-refractivity contribution in [2.24, 2.45) is 4.99 Å². The molecule has 4 nitrogen and oxygen atoms in total. The van der Waals surface area contributed by atoms with Gasteiger partial charge in [0.2, 0.25) is 0 Å². The Balaban J connectivity index is 1.76. The number of aryl methyl sites for hydroxylation is 1. The Kier molecular flexibility index (Phi) is 4.38. The molecular formula is C20H21ClN2O2. The highest BCUT2D eigenvalue weighted by molar-refractivity contribution is 6.17. The van der Waals surface area contributed by atoms with E-state index in [1.54, 1.807) is 0 Å². The average molecular weight is 357 g/mol. The summed E-state index contributed by atoms with van der Waals surface area (Å²) in [6.45, 7) is 3.45. The van der Waals surface area contributed by atoms with Crippen molar-refractivity contribution in [1.82, 2.24) is 4.90 Å². The molecule has 2 heterocycles. The third kappa shape index (κ3) is 2.99. The normalized spacial score (nSPS) is 19.0. The van der Waals surface area contributed by atoms with Gasteiger partial charge in [-0.2, -0.15) is 0 Å². The molecule has 25 heavy (non-hydrogen) atoms. The molecule has 2 aliphatic heterocycles. The minimum absolute atomic E-state index is 0.0944. The van der Waals surface area contributed by atoms with E-state index in [9.17, 15) is 4.79 Å². The fourth-order valence-corrected chi connectivity index (χ4v) is 3.73. The molecule has 1 fully saturated rings. The lowest BCUT2D eigenvalue weighted by Crippen LogP contribution is -2.35. The van der Waals surface area contributed by atoms with Gasteiger partial charge in [0.05, 0.1) is 23.9 Å². The monoisotopic (exact) mass is 356 g/mol. The first kappa shape index (κ1) is 16.4. The number of fused-ring (bicyclic) bond motifs is 3. The number of carbonyl (C=O) groups is 1. The molecule has 2 aromatic carbocycles. The highest BCUT2D eigenvalue weighted by Gasteiger charge is 2.31. The van der Waals surface area contributed by atoms with E-state index in [1.807, 2.05) is 36.2 Å². The second kappa shape index (κ2) is 6.68. The van der Waals surface area contributed by atoms with Crippen molar-refractivity contribution in [3.8, 4) is 5.75 Å². The van der Waals surface area contributed by atoms with Crippen molar-refractivity contribution in [3.63, 3.8) is 0 Å². The summed E-state index contributed by atoms with van der Waals surface area (Å²) in [7, 11) is 0. The van der Waals surface area contributed by atoms with Crippen LogP contribution in [-0.4, -0.2) is 42.1 Å². The van der Waals surface area contributed by atoms with Crippen LogP contribution in [0.1, 0.15) is 35.2 Å². The molecule has 0 saturated carbocycles. The molecule has 0 aromatic heterocycles. The predicted molar refractivity (Wildman–Crippen MR) is 102 cm³/mol. The Morgan fingerprint density at radius 3 is 2.96 bits per heavy atom. The summed E-state index contributed by atoms with van der Waals surface area (Å²) < 4.78 is 5.84. The van der Waals surface area contributed by atoms with Crippen LogP contribution >= 0.6 is 11.6 Å². The van der Waals surface area contributed by atoms with E-state index in [0.29, 0.717) is 18.1 Å². The molecule has 2 aliphatic rings. The molecule has 0 unspecified atom stereocenters. The van der Waals surface area contributed by atoms with Gasteiger partial charge in [0.15, 0.2) is 0 Å². The minimum atomic E-state index is 0.0944. The Morgan fingerprint density at radius 1 is 1.28 bits per heavy atom. The fraction of sp³-hybridized carbons (Fsp3) is 0.400. The van der Waals surface area contributed by atoms with Crippen LogP contribution in [-0.2, 0) is 0 Å². The average Bonchev–Trinajstić information content (AvgIpc) is 3.03. The van der Waals surface area contributed by atoms with Gasteiger partial charge in [0.25, 0.3) is 5.91 Å². The summed E-state index contributed by atoms with van der Waals surface area (Å²) in [5.74, 6) is 1.55. The zero-order valence-electron chi connectivity index (χ0n) is 14.3. The van der Waals surface area contributed by atoms with Gasteiger partial charge < -0.3 is 9.64 Å². The van der Waals surface area contributed by atoms with Gasteiger partial charge in [-0.05, 0) is 66.8 Å². The van der Waals surface area contributed by atoms with Gasteiger partial charge in [-0.25, -0.2) is 0 Å². The Morgan fingerprint density at radius 2 is 2.12 bits per heavy atom. The fourth-order valence-electron chi connectivity index (χ4n) is 3.62. The van der Waals surface area contributed by atoms with E-state index in [2.05, 4.69) is 11.1 Å². The number of rotatable bonds is 4. The lowest BCUT2D eigenvalue weighted by molar-refractivity contribution is 0.0775. The number of ether oxygens (including phenoxy) is 1. The Bertz CT molecular complexity index is 862. The van der Waals surface area contributed by atoms with Crippen molar-refractivity contribution < 1.29 is 9.53 Å². The number of alkyl halides is 1. The maximum absolute atomic E-state index is 12.9. The van der Waals surface area contributed by atoms with Gasteiger partial charge >= 0.3 is 0 Å². The lowest BCUT2D eigenvalue weighted by atomic mass is 10.0. The van der Waals surface area contributed by atoms with E-state index in [1.165, 1.54) is 0 Å². The van der Waals surface area contributed by atoms with Crippen molar-refractivity contribution >= 4 is 40.2 Å². The zero-order valence-corrected chi connectivity index (χ0v) is 15.1. The summed E-state index contributed by atoms with van der Waals surface area (Å²) in [4.78, 5) is 19.5. The summed E-state index contributed by atoms with van der Waals surface area (Å²) >= 11 is 5.72. The van der Waals surface area contributed by atoms with Crippen LogP contribution in [0.2, 0.25) is 0 Å². The van der Waals surface area contributed by atoms with E-state index in [4.69, 9.17) is 16.3 Å². The number of hydrogen-bond acceptors (Lipinski definition) is 3. The Hall–Kier alpha value is -2.07. The number of hydrogen-bond donors (Lipinski definition) is 0. The van der Waals surface area contributed by atoms with Crippen LogP contribution in [0.5, 0.6) is 5.75 Å². The molecule has 4 rings (SSSR count). The maximum Gasteiger partial charge on any atom is 0.256 e. The third-order valence-electron chi connectivity index (χ3n) is 4.96. The van der Waals surface area contributed by atoms with Crippen molar-refractivity contribution in [2.75, 3.05) is 19.0 Å². The molecule has 0 aliphatic carbocycles. The van der Waals surface area contributed by atoms with Crippen molar-refractivity contribution in [3.05, 3.63) is 35.4 Å². The second-order valence-electron chi connectivity index (χ2n) is 6.71. The van der Waals surface area contributed by atoms with E-state index in [0.717, 1.165) is 53.6 Å². The molecule has 0 spiro atoms. The number of halogens is 1. The minimum Gasteiger partial charge on any atom is -0.493 e. The maximum atomic E-state index is 12.9. The van der Waals surface area contributed by atoms with Gasteiger partial charge in [0, 0.05) is 18.6 Å². The highest BCUT2D eigenvalue weighted by atomic mass is 35.5. The molecule has 0 N–H and O–H groups in total. The largest absolute Gasteiger partial charge is 0.493 e. The van der Waals surface area contributed by atoms with Crippen LogP contribution in [0.4, 0.5) is 5.69 Å². The van der Waals surface area contributed by atoms with Crippen molar-refractivity contribution in [2.45, 2.75) is 32.2 Å². The topological polar surface area (TPSA) is 41.9 Å². The number of nitrogens with zero attached hydrogens (tertiary/aromatic N) is 2. The molecular weight excluding hydrogens is 336 g/mol. The quantitative estimate of drug-likeness (QED) is 0.599. The van der Waals surface area contributed by atoms with Gasteiger partial charge in [-0.1, -0.05) is 0 Å². The molecule has 130 valence electrons. The smallest absolute Gasteiger partial charge is 0.256 e. The van der Waals surface area contributed by atoms with E-state index < -0.39 is 0 Å². The van der Waals surface area contributed by atoms with Crippen LogP contribution in [0.15, 0.2) is 29.3 Å². The Labute approximate surface area is 152 Å². The number of carbonyl (C=O) groups excluding carboxylic acids is 1. The highest BCUT2D eigenvalue weighted by Crippen LogP contribution is 2.34. The summed E-state index contributed by atoms with van der Waals surface area (Å²) in [5, 5.41) is 2.08. The van der Waals surface area contributed by atoms with Crippen LogP contribution in [0.3, 0.4) is 0 Å². The molecule has 1 saturated heterocycles. The van der Waals surface area contributed by atoms with E-state index >= 15 is 0 Å².